The van der Waals surface area contributed by atoms with Crippen molar-refractivity contribution in [1.29, 1.82) is 0 Å². The van der Waals surface area contributed by atoms with Crippen LogP contribution in [0, 0.1) is 11.3 Å². The largest absolute Gasteiger partial charge is 0.389 e. The van der Waals surface area contributed by atoms with Gasteiger partial charge in [0.1, 0.15) is 6.29 Å². The number of carbonyl (C=O) groups excluding carboxylic acids is 1. The molecule has 2 atom stereocenters. The Morgan fingerprint density at radius 1 is 1.31 bits per heavy atom. The Balaban J connectivity index is 4.91. The van der Waals surface area contributed by atoms with Crippen LogP contribution >= 0.6 is 0 Å². The summed E-state index contributed by atoms with van der Waals surface area (Å²) >= 11 is 0. The summed E-state index contributed by atoms with van der Waals surface area (Å²) in [6.45, 7) is 10.1. The minimum absolute atomic E-state index is 0.405. The van der Waals surface area contributed by atoms with Gasteiger partial charge in [0, 0.05) is 0 Å². The van der Waals surface area contributed by atoms with Crippen LogP contribution in [0.1, 0.15) is 66.7 Å². The van der Waals surface area contributed by atoms with Gasteiger partial charge < -0.3 is 9.90 Å². The first-order valence-electron chi connectivity index (χ1n) is 6.54. The van der Waals surface area contributed by atoms with Crippen molar-refractivity contribution in [2.24, 2.45) is 11.3 Å². The van der Waals surface area contributed by atoms with Crippen LogP contribution in [0.5, 0.6) is 0 Å². The predicted octanol–water partition coefficient (Wildman–Crippen LogP) is 3.57. The van der Waals surface area contributed by atoms with Crippen molar-refractivity contribution in [2.75, 3.05) is 0 Å². The molecule has 96 valence electrons. The van der Waals surface area contributed by atoms with Crippen molar-refractivity contribution < 1.29 is 9.90 Å². The Bertz CT molecular complexity index is 209. The van der Waals surface area contributed by atoms with Gasteiger partial charge in [-0.15, -0.1) is 0 Å². The standard InChI is InChI=1S/C14H28O2/c1-6-8-9-14(7-2,11-15)13(5,16)10-12(3)4/h11-12,16H,6-10H2,1-5H3. The number of rotatable bonds is 8. The van der Waals surface area contributed by atoms with E-state index in [4.69, 9.17) is 0 Å². The lowest BCUT2D eigenvalue weighted by Gasteiger charge is -2.42. The Morgan fingerprint density at radius 2 is 1.88 bits per heavy atom. The summed E-state index contributed by atoms with van der Waals surface area (Å²) in [5, 5.41) is 10.6. The molecule has 16 heavy (non-hydrogen) atoms. The lowest BCUT2D eigenvalue weighted by Crippen LogP contribution is -2.47. The zero-order chi connectivity index (χ0) is 12.8. The normalized spacial score (nSPS) is 19.2. The molecule has 0 saturated carbocycles. The van der Waals surface area contributed by atoms with Crippen LogP contribution in [0.2, 0.25) is 0 Å². The van der Waals surface area contributed by atoms with E-state index in [1.54, 1.807) is 0 Å². The Hall–Kier alpha value is -0.370. The van der Waals surface area contributed by atoms with E-state index in [0.717, 1.165) is 32.0 Å². The Labute approximate surface area is 100 Å². The number of carbonyl (C=O) groups is 1. The topological polar surface area (TPSA) is 37.3 Å². The summed E-state index contributed by atoms with van der Waals surface area (Å²) in [6, 6.07) is 0. The molecule has 0 aromatic rings. The van der Waals surface area contributed by atoms with Gasteiger partial charge >= 0.3 is 0 Å². The quantitative estimate of drug-likeness (QED) is 0.645. The summed E-state index contributed by atoms with van der Waals surface area (Å²) in [4.78, 5) is 11.4. The molecule has 2 unspecified atom stereocenters. The van der Waals surface area contributed by atoms with Crippen LogP contribution in [0.4, 0.5) is 0 Å². The molecule has 0 aliphatic heterocycles. The molecule has 0 saturated heterocycles. The maximum absolute atomic E-state index is 11.4. The molecule has 0 amide bonds. The first-order chi connectivity index (χ1) is 7.35. The lowest BCUT2D eigenvalue weighted by molar-refractivity contribution is -0.138. The third-order valence-electron chi connectivity index (χ3n) is 3.71. The number of unbranched alkanes of at least 4 members (excludes halogenated alkanes) is 1. The molecule has 0 radical (unpaired) electrons. The molecular weight excluding hydrogens is 200 g/mol. The highest BCUT2D eigenvalue weighted by Crippen LogP contribution is 2.41. The average Bonchev–Trinajstić information content (AvgIpc) is 2.17. The minimum atomic E-state index is -0.882. The number of aliphatic hydroxyl groups is 1. The van der Waals surface area contributed by atoms with Crippen molar-refractivity contribution in [2.45, 2.75) is 72.3 Å². The van der Waals surface area contributed by atoms with Gasteiger partial charge in [-0.25, -0.2) is 0 Å². The summed E-state index contributed by atoms with van der Waals surface area (Å²) in [7, 11) is 0. The summed E-state index contributed by atoms with van der Waals surface area (Å²) < 4.78 is 0. The third kappa shape index (κ3) is 3.58. The van der Waals surface area contributed by atoms with E-state index in [1.807, 2.05) is 13.8 Å². The fraction of sp³-hybridized carbons (Fsp3) is 0.929. The molecule has 0 aromatic carbocycles. The van der Waals surface area contributed by atoms with E-state index in [-0.39, 0.29) is 0 Å². The van der Waals surface area contributed by atoms with E-state index >= 15 is 0 Å². The molecule has 0 spiro atoms. The predicted molar refractivity (Wildman–Crippen MR) is 68.4 cm³/mol. The fourth-order valence-corrected chi connectivity index (χ4v) is 2.59. The highest BCUT2D eigenvalue weighted by molar-refractivity contribution is 5.61. The van der Waals surface area contributed by atoms with Gasteiger partial charge in [0.25, 0.3) is 0 Å². The van der Waals surface area contributed by atoms with Crippen LogP contribution in [0.3, 0.4) is 0 Å². The molecule has 2 nitrogen and oxygen atoms in total. The molecule has 0 fully saturated rings. The van der Waals surface area contributed by atoms with Crippen LogP contribution in [0.15, 0.2) is 0 Å². The molecule has 0 bridgehead atoms. The lowest BCUT2D eigenvalue weighted by atomic mass is 9.66. The zero-order valence-corrected chi connectivity index (χ0v) is 11.5. The van der Waals surface area contributed by atoms with E-state index < -0.39 is 11.0 Å². The van der Waals surface area contributed by atoms with Gasteiger partial charge in [-0.3, -0.25) is 0 Å². The fourth-order valence-electron chi connectivity index (χ4n) is 2.59. The van der Waals surface area contributed by atoms with Gasteiger partial charge in [0.15, 0.2) is 0 Å². The smallest absolute Gasteiger partial charge is 0.128 e. The molecule has 0 aliphatic carbocycles. The molecular formula is C14H28O2. The molecule has 0 aromatic heterocycles. The summed E-state index contributed by atoms with van der Waals surface area (Å²) in [5.41, 5.74) is -1.44. The maximum Gasteiger partial charge on any atom is 0.128 e. The van der Waals surface area contributed by atoms with E-state index in [1.165, 1.54) is 0 Å². The zero-order valence-electron chi connectivity index (χ0n) is 11.5. The number of hydrogen-bond donors (Lipinski definition) is 1. The van der Waals surface area contributed by atoms with Crippen LogP contribution in [0.25, 0.3) is 0 Å². The number of aldehydes is 1. The van der Waals surface area contributed by atoms with Crippen molar-refractivity contribution in [3.05, 3.63) is 0 Å². The first-order valence-corrected chi connectivity index (χ1v) is 6.54. The van der Waals surface area contributed by atoms with Crippen molar-refractivity contribution in [3.63, 3.8) is 0 Å². The SMILES string of the molecule is CCCCC(C=O)(CC)C(C)(O)CC(C)C. The average molecular weight is 228 g/mol. The van der Waals surface area contributed by atoms with Crippen molar-refractivity contribution >= 4 is 6.29 Å². The molecule has 2 heteroatoms. The number of hydrogen-bond acceptors (Lipinski definition) is 2. The van der Waals surface area contributed by atoms with Gasteiger partial charge in [-0.1, -0.05) is 40.5 Å². The van der Waals surface area contributed by atoms with E-state index in [0.29, 0.717) is 12.3 Å². The Kier molecular flexibility index (Phi) is 6.24. The van der Waals surface area contributed by atoms with Gasteiger partial charge in [-0.2, -0.15) is 0 Å². The molecule has 0 aliphatic rings. The van der Waals surface area contributed by atoms with Crippen LogP contribution in [-0.2, 0) is 4.79 Å². The summed E-state index contributed by atoms with van der Waals surface area (Å²) in [5.74, 6) is 0.405. The van der Waals surface area contributed by atoms with Gasteiger partial charge in [0.2, 0.25) is 0 Å². The van der Waals surface area contributed by atoms with E-state index in [9.17, 15) is 9.90 Å². The Morgan fingerprint density at radius 3 is 2.19 bits per heavy atom. The highest BCUT2D eigenvalue weighted by atomic mass is 16.3. The third-order valence-corrected chi connectivity index (χ3v) is 3.71. The second-order valence-corrected chi connectivity index (χ2v) is 5.60. The van der Waals surface area contributed by atoms with Crippen LogP contribution < -0.4 is 0 Å². The second kappa shape index (κ2) is 6.39. The van der Waals surface area contributed by atoms with E-state index in [2.05, 4.69) is 20.8 Å². The van der Waals surface area contributed by atoms with Crippen LogP contribution in [-0.4, -0.2) is 17.0 Å². The minimum Gasteiger partial charge on any atom is -0.389 e. The second-order valence-electron chi connectivity index (χ2n) is 5.60. The summed E-state index contributed by atoms with van der Waals surface area (Å²) in [6.07, 6.45) is 5.25. The van der Waals surface area contributed by atoms with Crippen molar-refractivity contribution in [1.82, 2.24) is 0 Å². The highest BCUT2D eigenvalue weighted by Gasteiger charge is 2.45. The molecule has 0 rings (SSSR count). The van der Waals surface area contributed by atoms with Gasteiger partial charge in [-0.05, 0) is 32.1 Å². The first kappa shape index (κ1) is 15.6. The monoisotopic (exact) mass is 228 g/mol. The molecule has 1 N–H and O–H groups in total. The van der Waals surface area contributed by atoms with Gasteiger partial charge in [0.05, 0.1) is 11.0 Å². The van der Waals surface area contributed by atoms with Crippen molar-refractivity contribution in [3.8, 4) is 0 Å². The molecule has 0 heterocycles. The maximum atomic E-state index is 11.4.